The molecule has 1 amide bonds. The molecule has 0 atom stereocenters. The van der Waals surface area contributed by atoms with E-state index in [1.165, 1.54) is 6.26 Å². The van der Waals surface area contributed by atoms with Gasteiger partial charge in [0.15, 0.2) is 11.5 Å². The minimum atomic E-state index is -0.239. The summed E-state index contributed by atoms with van der Waals surface area (Å²) in [6.45, 7) is 2.68. The molecule has 2 rings (SSSR count). The molecule has 0 bridgehead atoms. The zero-order chi connectivity index (χ0) is 21.8. The van der Waals surface area contributed by atoms with Crippen LogP contribution in [-0.4, -0.2) is 32.8 Å². The third-order valence-corrected chi connectivity index (χ3v) is 4.21. The quantitative estimate of drug-likeness (QED) is 0.286. The zero-order valence-corrected chi connectivity index (χ0v) is 17.2. The van der Waals surface area contributed by atoms with E-state index in [0.29, 0.717) is 30.0 Å². The van der Waals surface area contributed by atoms with E-state index in [4.69, 9.17) is 27.1 Å². The molecule has 154 valence electrons. The maximum atomic E-state index is 12.7. The Morgan fingerprint density at radius 2 is 1.80 bits per heavy atom. The van der Waals surface area contributed by atoms with Crippen molar-refractivity contribution in [1.82, 2.24) is 5.32 Å². The smallest absolute Gasteiger partial charge is 0.255 e. The summed E-state index contributed by atoms with van der Waals surface area (Å²) in [6.07, 6.45) is 12.5. The molecule has 2 aromatic rings. The van der Waals surface area contributed by atoms with Crippen molar-refractivity contribution in [3.63, 3.8) is 0 Å². The Hall–Kier alpha value is -3.83. The van der Waals surface area contributed by atoms with Gasteiger partial charge in [-0.15, -0.1) is 12.8 Å². The fourth-order valence-electron chi connectivity index (χ4n) is 2.68. The van der Waals surface area contributed by atoms with Crippen molar-refractivity contribution < 1.29 is 19.0 Å². The lowest BCUT2D eigenvalue weighted by Gasteiger charge is -2.12. The summed E-state index contributed by atoms with van der Waals surface area (Å²) in [6, 6.07) is 13.2. The Balaban J connectivity index is 2.03. The molecule has 0 aliphatic heterocycles. The fraction of sp³-hybridized carbons (Fsp3) is 0.240. The molecule has 0 aliphatic carbocycles. The lowest BCUT2D eigenvalue weighted by Crippen LogP contribution is -2.26. The first-order chi connectivity index (χ1) is 14.6. The molecule has 0 saturated heterocycles. The average molecular weight is 403 g/mol. The third-order valence-electron chi connectivity index (χ3n) is 4.21. The van der Waals surface area contributed by atoms with Crippen molar-refractivity contribution in [2.45, 2.75) is 13.3 Å². The average Bonchev–Trinajstić information content (AvgIpc) is 2.76. The van der Waals surface area contributed by atoms with Gasteiger partial charge in [-0.05, 0) is 36.6 Å². The maximum Gasteiger partial charge on any atom is 0.255 e. The van der Waals surface area contributed by atoms with E-state index in [9.17, 15) is 4.79 Å². The van der Waals surface area contributed by atoms with Crippen molar-refractivity contribution in [2.24, 2.45) is 0 Å². The highest BCUT2D eigenvalue weighted by molar-refractivity contribution is 6.19. The number of rotatable bonds is 10. The predicted molar refractivity (Wildman–Crippen MR) is 118 cm³/mol. The molecule has 1 N–H and O–H groups in total. The van der Waals surface area contributed by atoms with Crippen molar-refractivity contribution in [1.29, 1.82) is 0 Å². The molecule has 30 heavy (non-hydrogen) atoms. The molecule has 0 aliphatic rings. The molecule has 0 heterocycles. The number of carbonyl (C=O) groups is 1. The van der Waals surface area contributed by atoms with Gasteiger partial charge in [0.2, 0.25) is 0 Å². The van der Waals surface area contributed by atoms with Crippen LogP contribution in [0.1, 0.15) is 16.7 Å². The van der Waals surface area contributed by atoms with E-state index in [1.54, 1.807) is 13.2 Å². The van der Waals surface area contributed by atoms with Crippen LogP contribution in [0.5, 0.6) is 11.5 Å². The number of benzene rings is 2. The van der Waals surface area contributed by atoms with Gasteiger partial charge in [0, 0.05) is 6.54 Å². The minimum Gasteiger partial charge on any atom is -0.493 e. The first kappa shape index (κ1) is 22.5. The van der Waals surface area contributed by atoms with Gasteiger partial charge in [0.25, 0.3) is 5.91 Å². The molecule has 0 unspecified atom stereocenters. The van der Waals surface area contributed by atoms with E-state index in [2.05, 4.69) is 17.2 Å². The largest absolute Gasteiger partial charge is 0.493 e. The molecule has 0 radical (unpaired) electrons. The number of hydrogen-bond donors (Lipinski definition) is 1. The van der Waals surface area contributed by atoms with Gasteiger partial charge in [0.05, 0.1) is 18.9 Å². The van der Waals surface area contributed by atoms with Gasteiger partial charge in [-0.1, -0.05) is 47.7 Å². The van der Waals surface area contributed by atoms with Crippen molar-refractivity contribution in [3.8, 4) is 36.2 Å². The number of methoxy groups -OCH3 is 1. The molecular formula is C25H25NO4. The Morgan fingerprint density at radius 3 is 2.47 bits per heavy atom. The summed E-state index contributed by atoms with van der Waals surface area (Å²) in [5, 5.41) is 2.92. The Kier molecular flexibility index (Phi) is 8.90. The van der Waals surface area contributed by atoms with E-state index < -0.39 is 0 Å². The molecule has 0 aromatic heterocycles. The standard InChI is InChI=1S/C25H25NO4/c1-5-15-29-18-22(21-10-7-19(3)8-11-21)25(27)26-14-13-20-9-12-23(30-16-6-2)24(17-20)28-4/h1-2,7-12,17-18H,13-16H2,3-4H3,(H,26,27). The summed E-state index contributed by atoms with van der Waals surface area (Å²) in [7, 11) is 1.57. The molecule has 0 spiro atoms. The van der Waals surface area contributed by atoms with Crippen LogP contribution in [0.4, 0.5) is 0 Å². The summed E-state index contributed by atoms with van der Waals surface area (Å²) < 4.78 is 16.1. The van der Waals surface area contributed by atoms with Crippen LogP contribution < -0.4 is 14.8 Å². The Labute approximate surface area is 178 Å². The second-order valence-electron chi connectivity index (χ2n) is 6.40. The first-order valence-electron chi connectivity index (χ1n) is 9.42. The third kappa shape index (κ3) is 6.65. The molecule has 2 aromatic carbocycles. The van der Waals surface area contributed by atoms with E-state index in [0.717, 1.165) is 16.7 Å². The van der Waals surface area contributed by atoms with Crippen LogP contribution in [0.3, 0.4) is 0 Å². The van der Waals surface area contributed by atoms with Gasteiger partial charge in [-0.25, -0.2) is 0 Å². The SMILES string of the molecule is C#CCOC=C(C(=O)NCCc1ccc(OCC#C)c(OC)c1)c1ccc(C)cc1. The van der Waals surface area contributed by atoms with Crippen LogP contribution in [0.15, 0.2) is 48.7 Å². The second-order valence-corrected chi connectivity index (χ2v) is 6.40. The molecular weight excluding hydrogens is 378 g/mol. The molecule has 0 fully saturated rings. The number of hydrogen-bond acceptors (Lipinski definition) is 4. The fourth-order valence-corrected chi connectivity index (χ4v) is 2.68. The Bertz CT molecular complexity index is 962. The lowest BCUT2D eigenvalue weighted by molar-refractivity contribution is -0.115. The van der Waals surface area contributed by atoms with E-state index >= 15 is 0 Å². The van der Waals surface area contributed by atoms with Gasteiger partial charge in [0.1, 0.15) is 13.2 Å². The summed E-state index contributed by atoms with van der Waals surface area (Å²) >= 11 is 0. The number of aryl methyl sites for hydroxylation is 1. The number of terminal acetylenes is 2. The summed E-state index contributed by atoms with van der Waals surface area (Å²) in [5.41, 5.74) is 3.27. The number of carbonyl (C=O) groups excluding carboxylic acids is 1. The number of ether oxygens (including phenoxy) is 3. The highest BCUT2D eigenvalue weighted by Crippen LogP contribution is 2.28. The van der Waals surface area contributed by atoms with Crippen LogP contribution in [0, 0.1) is 31.6 Å². The molecule has 0 saturated carbocycles. The molecule has 5 nitrogen and oxygen atoms in total. The van der Waals surface area contributed by atoms with Gasteiger partial charge in [-0.3, -0.25) is 4.79 Å². The Morgan fingerprint density at radius 1 is 1.07 bits per heavy atom. The van der Waals surface area contributed by atoms with E-state index in [1.807, 2.05) is 43.3 Å². The summed E-state index contributed by atoms with van der Waals surface area (Å²) in [5.74, 6) is 5.74. The van der Waals surface area contributed by atoms with Crippen LogP contribution in [0.25, 0.3) is 5.57 Å². The second kappa shape index (κ2) is 11.9. The monoisotopic (exact) mass is 403 g/mol. The van der Waals surface area contributed by atoms with E-state index in [-0.39, 0.29) is 19.1 Å². The maximum absolute atomic E-state index is 12.7. The highest BCUT2D eigenvalue weighted by atomic mass is 16.5. The van der Waals surface area contributed by atoms with Crippen molar-refractivity contribution in [2.75, 3.05) is 26.9 Å². The van der Waals surface area contributed by atoms with Crippen LogP contribution in [-0.2, 0) is 16.0 Å². The van der Waals surface area contributed by atoms with Crippen LogP contribution in [0.2, 0.25) is 0 Å². The topological polar surface area (TPSA) is 56.8 Å². The lowest BCUT2D eigenvalue weighted by atomic mass is 10.0. The zero-order valence-electron chi connectivity index (χ0n) is 17.2. The summed E-state index contributed by atoms with van der Waals surface area (Å²) in [4.78, 5) is 12.7. The normalized spacial score (nSPS) is 10.5. The van der Waals surface area contributed by atoms with Gasteiger partial charge in [-0.2, -0.15) is 0 Å². The predicted octanol–water partition coefficient (Wildman–Crippen LogP) is 3.37. The molecule has 5 heteroatoms. The number of nitrogens with one attached hydrogen (secondary N) is 1. The first-order valence-corrected chi connectivity index (χ1v) is 9.42. The highest BCUT2D eigenvalue weighted by Gasteiger charge is 2.13. The van der Waals surface area contributed by atoms with Crippen molar-refractivity contribution in [3.05, 3.63) is 65.4 Å². The van der Waals surface area contributed by atoms with Gasteiger partial charge >= 0.3 is 0 Å². The van der Waals surface area contributed by atoms with Crippen LogP contribution >= 0.6 is 0 Å². The minimum absolute atomic E-state index is 0.0938. The van der Waals surface area contributed by atoms with Crippen molar-refractivity contribution >= 4 is 11.5 Å². The van der Waals surface area contributed by atoms with Gasteiger partial charge < -0.3 is 19.5 Å². The number of amides is 1.